The molecule has 0 aromatic heterocycles. The number of anilines is 1. The van der Waals surface area contributed by atoms with Gasteiger partial charge in [-0.3, -0.25) is 0 Å². The Hall–Kier alpha value is -0.770. The minimum atomic E-state index is 0.121. The molecule has 3 nitrogen and oxygen atoms in total. The van der Waals surface area contributed by atoms with E-state index in [0.717, 1.165) is 22.8 Å². The van der Waals surface area contributed by atoms with Crippen LogP contribution in [0, 0.1) is 13.8 Å². The second-order valence-corrected chi connectivity index (χ2v) is 5.31. The SMILES string of the molecule is Cc1cc(NC2OC2CN(C)C)cc(Cl)c1C. The number of rotatable bonds is 4. The number of aryl methyl sites for hydroxylation is 1. The molecule has 1 aromatic carbocycles. The highest BCUT2D eigenvalue weighted by molar-refractivity contribution is 6.31. The van der Waals surface area contributed by atoms with Crippen LogP contribution in [0.2, 0.25) is 5.02 Å². The summed E-state index contributed by atoms with van der Waals surface area (Å²) in [7, 11) is 4.09. The van der Waals surface area contributed by atoms with Gasteiger partial charge in [-0.1, -0.05) is 11.6 Å². The van der Waals surface area contributed by atoms with E-state index in [0.29, 0.717) is 0 Å². The Labute approximate surface area is 108 Å². The van der Waals surface area contributed by atoms with Crippen LogP contribution in [0.3, 0.4) is 0 Å². The van der Waals surface area contributed by atoms with Gasteiger partial charge in [-0.05, 0) is 51.2 Å². The molecule has 0 aliphatic carbocycles. The second kappa shape index (κ2) is 4.84. The van der Waals surface area contributed by atoms with Crippen molar-refractivity contribution >= 4 is 17.3 Å². The maximum Gasteiger partial charge on any atom is 0.156 e. The van der Waals surface area contributed by atoms with Crippen molar-refractivity contribution in [2.24, 2.45) is 0 Å². The first-order valence-electron chi connectivity index (χ1n) is 5.81. The Bertz CT molecular complexity index is 397. The van der Waals surface area contributed by atoms with E-state index in [9.17, 15) is 0 Å². The number of epoxide rings is 1. The van der Waals surface area contributed by atoms with E-state index in [1.807, 2.05) is 27.1 Å². The summed E-state index contributed by atoms with van der Waals surface area (Å²) in [5.41, 5.74) is 3.37. The zero-order chi connectivity index (χ0) is 12.6. The molecular weight excluding hydrogens is 236 g/mol. The average Bonchev–Trinajstić information content (AvgIpc) is 2.91. The van der Waals surface area contributed by atoms with Gasteiger partial charge in [-0.25, -0.2) is 0 Å². The Kier molecular flexibility index (Phi) is 3.61. The van der Waals surface area contributed by atoms with E-state index in [1.165, 1.54) is 5.56 Å². The second-order valence-electron chi connectivity index (χ2n) is 4.90. The summed E-state index contributed by atoms with van der Waals surface area (Å²) >= 11 is 6.15. The average molecular weight is 255 g/mol. The summed E-state index contributed by atoms with van der Waals surface area (Å²) in [6.07, 6.45) is 0.404. The van der Waals surface area contributed by atoms with Crippen LogP contribution >= 0.6 is 11.6 Å². The highest BCUT2D eigenvalue weighted by atomic mass is 35.5. The Morgan fingerprint density at radius 1 is 1.35 bits per heavy atom. The quantitative estimate of drug-likeness (QED) is 0.838. The summed E-state index contributed by atoms with van der Waals surface area (Å²) in [6.45, 7) is 5.04. The Morgan fingerprint density at radius 2 is 2.06 bits per heavy atom. The fraction of sp³-hybridized carbons (Fsp3) is 0.538. The third kappa shape index (κ3) is 3.12. The van der Waals surface area contributed by atoms with Crippen molar-refractivity contribution in [3.05, 3.63) is 28.3 Å². The number of likely N-dealkylation sites (N-methyl/N-ethyl adjacent to an activating group) is 1. The van der Waals surface area contributed by atoms with Gasteiger partial charge in [0.15, 0.2) is 6.23 Å². The topological polar surface area (TPSA) is 27.8 Å². The third-order valence-corrected chi connectivity index (χ3v) is 3.43. The highest BCUT2D eigenvalue weighted by Crippen LogP contribution is 2.29. The summed E-state index contributed by atoms with van der Waals surface area (Å²) in [6, 6.07) is 4.06. The van der Waals surface area contributed by atoms with Crippen molar-refractivity contribution in [1.29, 1.82) is 0 Å². The predicted octanol–water partition coefficient (Wildman–Crippen LogP) is 2.66. The van der Waals surface area contributed by atoms with E-state index in [-0.39, 0.29) is 12.3 Å². The van der Waals surface area contributed by atoms with E-state index in [2.05, 4.69) is 23.2 Å². The number of benzene rings is 1. The first-order chi connectivity index (χ1) is 7.97. The molecule has 1 fully saturated rings. The van der Waals surface area contributed by atoms with Crippen LogP contribution in [-0.2, 0) is 4.74 Å². The van der Waals surface area contributed by atoms with Gasteiger partial charge >= 0.3 is 0 Å². The minimum Gasteiger partial charge on any atom is -0.358 e. The fourth-order valence-electron chi connectivity index (χ4n) is 1.83. The normalized spacial score (nSPS) is 22.9. The smallest absolute Gasteiger partial charge is 0.156 e. The van der Waals surface area contributed by atoms with Crippen LogP contribution in [0.25, 0.3) is 0 Å². The van der Waals surface area contributed by atoms with Gasteiger partial charge < -0.3 is 15.0 Å². The van der Waals surface area contributed by atoms with Crippen molar-refractivity contribution in [3.63, 3.8) is 0 Å². The van der Waals surface area contributed by atoms with Gasteiger partial charge in [0, 0.05) is 17.3 Å². The zero-order valence-electron chi connectivity index (χ0n) is 10.7. The lowest BCUT2D eigenvalue weighted by Gasteiger charge is -2.09. The van der Waals surface area contributed by atoms with Crippen LogP contribution in [0.1, 0.15) is 11.1 Å². The maximum absolute atomic E-state index is 6.15. The molecule has 0 amide bonds. The van der Waals surface area contributed by atoms with Crippen molar-refractivity contribution in [1.82, 2.24) is 4.90 Å². The molecule has 0 saturated carbocycles. The zero-order valence-corrected chi connectivity index (χ0v) is 11.5. The molecule has 1 saturated heterocycles. The van der Waals surface area contributed by atoms with Crippen LogP contribution < -0.4 is 5.32 Å². The van der Waals surface area contributed by atoms with E-state index in [4.69, 9.17) is 16.3 Å². The molecule has 2 atom stereocenters. The molecule has 2 unspecified atom stereocenters. The molecule has 1 heterocycles. The molecule has 0 bridgehead atoms. The third-order valence-electron chi connectivity index (χ3n) is 3.04. The molecule has 94 valence electrons. The van der Waals surface area contributed by atoms with Crippen LogP contribution in [0.5, 0.6) is 0 Å². The van der Waals surface area contributed by atoms with E-state index in [1.54, 1.807) is 0 Å². The van der Waals surface area contributed by atoms with Gasteiger partial charge in [0.1, 0.15) is 6.10 Å². The highest BCUT2D eigenvalue weighted by Gasteiger charge is 2.39. The lowest BCUT2D eigenvalue weighted by atomic mass is 10.1. The van der Waals surface area contributed by atoms with Crippen molar-refractivity contribution in [2.75, 3.05) is 26.0 Å². The number of nitrogens with one attached hydrogen (secondary N) is 1. The number of hydrogen-bond acceptors (Lipinski definition) is 3. The van der Waals surface area contributed by atoms with Crippen molar-refractivity contribution < 1.29 is 4.74 Å². The molecular formula is C13H19ClN2O. The maximum atomic E-state index is 6.15. The van der Waals surface area contributed by atoms with Crippen LogP contribution in [-0.4, -0.2) is 37.9 Å². The van der Waals surface area contributed by atoms with Gasteiger partial charge in [0.25, 0.3) is 0 Å². The summed E-state index contributed by atoms with van der Waals surface area (Å²) in [4.78, 5) is 2.12. The molecule has 17 heavy (non-hydrogen) atoms. The number of hydrogen-bond donors (Lipinski definition) is 1. The largest absolute Gasteiger partial charge is 0.358 e. The molecule has 1 aliphatic heterocycles. The monoisotopic (exact) mass is 254 g/mol. The molecule has 0 spiro atoms. The standard InChI is InChI=1S/C13H19ClN2O/c1-8-5-10(6-11(14)9(8)2)15-13-12(17-13)7-16(3)4/h5-6,12-13,15H,7H2,1-4H3. The first kappa shape index (κ1) is 12.7. The molecule has 1 aromatic rings. The summed E-state index contributed by atoms with van der Waals surface area (Å²) in [5.74, 6) is 0. The van der Waals surface area contributed by atoms with Crippen molar-refractivity contribution in [2.45, 2.75) is 26.2 Å². The van der Waals surface area contributed by atoms with Crippen LogP contribution in [0.4, 0.5) is 5.69 Å². The summed E-state index contributed by atoms with van der Waals surface area (Å²) < 4.78 is 5.55. The number of nitrogens with zero attached hydrogens (tertiary/aromatic N) is 1. The van der Waals surface area contributed by atoms with Crippen LogP contribution in [0.15, 0.2) is 12.1 Å². The van der Waals surface area contributed by atoms with Gasteiger partial charge in [0.05, 0.1) is 0 Å². The first-order valence-corrected chi connectivity index (χ1v) is 6.18. The molecule has 4 heteroatoms. The van der Waals surface area contributed by atoms with Crippen molar-refractivity contribution in [3.8, 4) is 0 Å². The van der Waals surface area contributed by atoms with Gasteiger partial charge in [0.2, 0.25) is 0 Å². The molecule has 1 N–H and O–H groups in total. The number of halogens is 1. The molecule has 0 radical (unpaired) electrons. The molecule has 2 rings (SSSR count). The number of ether oxygens (including phenoxy) is 1. The predicted molar refractivity (Wildman–Crippen MR) is 71.8 cm³/mol. The summed E-state index contributed by atoms with van der Waals surface area (Å²) in [5, 5.41) is 4.15. The van der Waals surface area contributed by atoms with E-state index >= 15 is 0 Å². The minimum absolute atomic E-state index is 0.121. The Balaban J connectivity index is 1.97. The molecule has 1 aliphatic rings. The lowest BCUT2D eigenvalue weighted by Crippen LogP contribution is -2.21. The van der Waals surface area contributed by atoms with Gasteiger partial charge in [-0.2, -0.15) is 0 Å². The lowest BCUT2D eigenvalue weighted by molar-refractivity contribution is 0.316. The fourth-order valence-corrected chi connectivity index (χ4v) is 2.10. The van der Waals surface area contributed by atoms with Gasteiger partial charge in [-0.15, -0.1) is 0 Å². The Morgan fingerprint density at radius 3 is 2.65 bits per heavy atom. The van der Waals surface area contributed by atoms with E-state index < -0.39 is 0 Å².